The molecule has 0 fully saturated rings. The van der Waals surface area contributed by atoms with E-state index < -0.39 is 17.8 Å². The van der Waals surface area contributed by atoms with Gasteiger partial charge in [-0.2, -0.15) is 0 Å². The number of esters is 1. The molecule has 3 rings (SSSR count). The van der Waals surface area contributed by atoms with Crippen LogP contribution in [0, 0.1) is 0 Å². The molecule has 0 aromatic heterocycles. The summed E-state index contributed by atoms with van der Waals surface area (Å²) in [4.78, 5) is 38.5. The van der Waals surface area contributed by atoms with Crippen LogP contribution < -0.4 is 10.2 Å². The van der Waals surface area contributed by atoms with Gasteiger partial charge in [-0.05, 0) is 42.7 Å². The van der Waals surface area contributed by atoms with Crippen LogP contribution in [0.4, 0.5) is 11.4 Å². The van der Waals surface area contributed by atoms with Gasteiger partial charge in [-0.1, -0.05) is 49.2 Å². The topological polar surface area (TPSA) is 75.7 Å². The Morgan fingerprint density at radius 1 is 1.07 bits per heavy atom. The van der Waals surface area contributed by atoms with E-state index in [0.717, 1.165) is 24.2 Å². The zero-order valence-corrected chi connectivity index (χ0v) is 17.0. The third kappa shape index (κ3) is 4.17. The first-order valence-corrected chi connectivity index (χ1v) is 9.67. The minimum atomic E-state index is -0.699. The Bertz CT molecular complexity index is 983. The number of imide groups is 1. The zero-order chi connectivity index (χ0) is 21.0. The van der Waals surface area contributed by atoms with Crippen LogP contribution in [-0.4, -0.2) is 24.9 Å². The predicted molar refractivity (Wildman–Crippen MR) is 112 cm³/mol. The molecule has 1 N–H and O–H groups in total. The number of hydrogen-bond donors (Lipinski definition) is 1. The number of ether oxygens (including phenoxy) is 1. The van der Waals surface area contributed by atoms with Gasteiger partial charge in [-0.3, -0.25) is 9.59 Å². The van der Waals surface area contributed by atoms with Gasteiger partial charge in [0, 0.05) is 5.69 Å². The molecule has 0 saturated heterocycles. The fourth-order valence-electron chi connectivity index (χ4n) is 3.06. The van der Waals surface area contributed by atoms with Gasteiger partial charge in [-0.15, -0.1) is 0 Å². The number of anilines is 2. The Kier molecular flexibility index (Phi) is 6.34. The molecule has 1 heterocycles. The van der Waals surface area contributed by atoms with Crippen LogP contribution in [0.25, 0.3) is 0 Å². The van der Waals surface area contributed by atoms with Crippen molar-refractivity contribution in [3.8, 4) is 0 Å². The summed E-state index contributed by atoms with van der Waals surface area (Å²) in [5.74, 6) is -1.98. The number of hydrogen-bond acceptors (Lipinski definition) is 5. The standard InChI is InChI=1S/C22H21ClN2O4/c1-3-4-7-14-10-12-15(13-11-14)24-19-18(23)20(26)25(21(19)27)17-9-6-5-8-16(17)22(28)29-2/h5-6,8-13,24H,3-4,7H2,1-2H3. The lowest BCUT2D eigenvalue weighted by molar-refractivity contribution is -0.120. The van der Waals surface area contributed by atoms with Crippen LogP contribution in [0.3, 0.4) is 0 Å². The number of unbranched alkanes of at least 4 members (excludes halogenated alkanes) is 1. The first-order chi connectivity index (χ1) is 14.0. The van der Waals surface area contributed by atoms with Crippen LogP contribution in [0.15, 0.2) is 59.3 Å². The molecule has 0 spiro atoms. The van der Waals surface area contributed by atoms with E-state index >= 15 is 0 Å². The summed E-state index contributed by atoms with van der Waals surface area (Å²) in [7, 11) is 1.23. The highest BCUT2D eigenvalue weighted by Gasteiger charge is 2.40. The van der Waals surface area contributed by atoms with Crippen molar-refractivity contribution in [3.63, 3.8) is 0 Å². The summed E-state index contributed by atoms with van der Waals surface area (Å²) in [5.41, 5.74) is 2.03. The van der Waals surface area contributed by atoms with Crippen molar-refractivity contribution < 1.29 is 19.1 Å². The largest absolute Gasteiger partial charge is 0.465 e. The first-order valence-electron chi connectivity index (χ1n) is 9.29. The SMILES string of the molecule is CCCCc1ccc(NC2=C(Cl)C(=O)N(c3ccccc3C(=O)OC)C2=O)cc1. The number of para-hydroxylation sites is 1. The van der Waals surface area contributed by atoms with Gasteiger partial charge in [0.1, 0.15) is 10.7 Å². The number of rotatable bonds is 7. The Hall–Kier alpha value is -3.12. The number of aryl methyl sites for hydroxylation is 1. The van der Waals surface area contributed by atoms with E-state index in [1.807, 2.05) is 24.3 Å². The molecule has 1 aliphatic heterocycles. The van der Waals surface area contributed by atoms with Gasteiger partial charge in [0.05, 0.1) is 18.4 Å². The molecule has 0 atom stereocenters. The van der Waals surface area contributed by atoms with Crippen molar-refractivity contribution in [3.05, 3.63) is 70.4 Å². The summed E-state index contributed by atoms with van der Waals surface area (Å²) in [6.07, 6.45) is 3.20. The molecule has 7 heteroatoms. The van der Waals surface area contributed by atoms with Crippen molar-refractivity contribution >= 4 is 40.8 Å². The molecule has 29 heavy (non-hydrogen) atoms. The fourth-order valence-corrected chi connectivity index (χ4v) is 3.27. The molecule has 0 unspecified atom stereocenters. The van der Waals surface area contributed by atoms with Crippen molar-refractivity contribution in [2.45, 2.75) is 26.2 Å². The minimum Gasteiger partial charge on any atom is -0.465 e. The third-order valence-corrected chi connectivity index (χ3v) is 4.97. The maximum absolute atomic E-state index is 13.0. The molecule has 2 aromatic carbocycles. The molecule has 0 bridgehead atoms. The monoisotopic (exact) mass is 412 g/mol. The average Bonchev–Trinajstić information content (AvgIpc) is 2.95. The van der Waals surface area contributed by atoms with Crippen LogP contribution in [0.2, 0.25) is 0 Å². The Balaban J connectivity index is 1.85. The molecule has 0 aliphatic carbocycles. The number of halogens is 1. The lowest BCUT2D eigenvalue weighted by Gasteiger charge is -2.17. The highest BCUT2D eigenvalue weighted by atomic mass is 35.5. The highest BCUT2D eigenvalue weighted by molar-refractivity contribution is 6.53. The maximum Gasteiger partial charge on any atom is 0.339 e. The van der Waals surface area contributed by atoms with Crippen molar-refractivity contribution in [1.29, 1.82) is 0 Å². The Labute approximate surface area is 174 Å². The van der Waals surface area contributed by atoms with Crippen molar-refractivity contribution in [1.82, 2.24) is 0 Å². The number of nitrogens with one attached hydrogen (secondary N) is 1. The van der Waals surface area contributed by atoms with Gasteiger partial charge >= 0.3 is 5.97 Å². The van der Waals surface area contributed by atoms with E-state index in [2.05, 4.69) is 12.2 Å². The second kappa shape index (κ2) is 8.92. The molecular formula is C22H21ClN2O4. The van der Waals surface area contributed by atoms with Crippen LogP contribution in [0.1, 0.15) is 35.7 Å². The minimum absolute atomic E-state index is 0.0300. The summed E-state index contributed by atoms with van der Waals surface area (Å²) >= 11 is 6.17. The lowest BCUT2D eigenvalue weighted by Crippen LogP contribution is -2.33. The maximum atomic E-state index is 13.0. The predicted octanol–water partition coefficient (Wildman–Crippen LogP) is 4.25. The first kappa shape index (κ1) is 20.6. The van der Waals surface area contributed by atoms with Gasteiger partial charge in [0.25, 0.3) is 11.8 Å². The number of methoxy groups -OCH3 is 1. The molecule has 2 amide bonds. The van der Waals surface area contributed by atoms with Crippen molar-refractivity contribution in [2.75, 3.05) is 17.3 Å². The number of carbonyl (C=O) groups is 3. The molecule has 6 nitrogen and oxygen atoms in total. The molecule has 0 radical (unpaired) electrons. The van der Waals surface area contributed by atoms with Gasteiger partial charge in [0.2, 0.25) is 0 Å². The van der Waals surface area contributed by atoms with E-state index in [0.29, 0.717) is 5.69 Å². The highest BCUT2D eigenvalue weighted by Crippen LogP contribution is 2.32. The second-order valence-electron chi connectivity index (χ2n) is 6.57. The van der Waals surface area contributed by atoms with Crippen LogP contribution in [-0.2, 0) is 20.7 Å². The van der Waals surface area contributed by atoms with E-state index in [1.54, 1.807) is 12.1 Å². The number of nitrogens with zero attached hydrogens (tertiary/aromatic N) is 1. The summed E-state index contributed by atoms with van der Waals surface area (Å²) < 4.78 is 4.74. The van der Waals surface area contributed by atoms with E-state index in [-0.39, 0.29) is 22.0 Å². The van der Waals surface area contributed by atoms with E-state index in [1.165, 1.54) is 24.8 Å². The number of carbonyl (C=O) groups excluding carboxylic acids is 3. The van der Waals surface area contributed by atoms with E-state index in [9.17, 15) is 14.4 Å². The lowest BCUT2D eigenvalue weighted by atomic mass is 10.1. The Morgan fingerprint density at radius 3 is 2.41 bits per heavy atom. The molecule has 150 valence electrons. The molecule has 1 aliphatic rings. The smallest absolute Gasteiger partial charge is 0.339 e. The molecule has 0 saturated carbocycles. The summed E-state index contributed by atoms with van der Waals surface area (Å²) in [6, 6.07) is 13.8. The zero-order valence-electron chi connectivity index (χ0n) is 16.2. The van der Waals surface area contributed by atoms with E-state index in [4.69, 9.17) is 16.3 Å². The second-order valence-corrected chi connectivity index (χ2v) is 6.95. The average molecular weight is 413 g/mol. The number of amides is 2. The molecule has 2 aromatic rings. The van der Waals surface area contributed by atoms with Gasteiger partial charge < -0.3 is 10.1 Å². The van der Waals surface area contributed by atoms with Gasteiger partial charge in [-0.25, -0.2) is 9.69 Å². The summed E-state index contributed by atoms with van der Waals surface area (Å²) in [5, 5.41) is 2.70. The number of benzene rings is 2. The summed E-state index contributed by atoms with van der Waals surface area (Å²) in [6.45, 7) is 2.14. The normalized spacial score (nSPS) is 13.8. The van der Waals surface area contributed by atoms with Crippen LogP contribution in [0.5, 0.6) is 0 Å². The fraction of sp³-hybridized carbons (Fsp3) is 0.227. The van der Waals surface area contributed by atoms with Crippen molar-refractivity contribution in [2.24, 2.45) is 0 Å². The third-order valence-electron chi connectivity index (χ3n) is 4.62. The molecular weight excluding hydrogens is 392 g/mol. The van der Waals surface area contributed by atoms with Gasteiger partial charge in [0.15, 0.2) is 0 Å². The Morgan fingerprint density at radius 2 is 1.76 bits per heavy atom. The van der Waals surface area contributed by atoms with Crippen LogP contribution >= 0.6 is 11.6 Å². The quantitative estimate of drug-likeness (QED) is 0.543.